The van der Waals surface area contributed by atoms with Crippen LogP contribution < -0.4 is 4.80 Å². The Morgan fingerprint density at radius 1 is 1.35 bits per heavy atom. The van der Waals surface area contributed by atoms with E-state index in [2.05, 4.69) is 40.1 Å². The highest BCUT2D eigenvalue weighted by Gasteiger charge is 2.23. The molecular formula is C13H23BN2S. The maximum atomic E-state index is 4.80. The van der Waals surface area contributed by atoms with Gasteiger partial charge in [0, 0.05) is 22.7 Å². The van der Waals surface area contributed by atoms with Gasteiger partial charge in [-0.3, -0.25) is 4.99 Å². The first-order valence-corrected chi connectivity index (χ1v) is 7.60. The molecule has 2 rings (SSSR count). The van der Waals surface area contributed by atoms with E-state index in [1.54, 1.807) is 10.6 Å². The number of aromatic nitrogens is 1. The quantitative estimate of drug-likeness (QED) is 0.717. The van der Waals surface area contributed by atoms with E-state index in [9.17, 15) is 0 Å². The molecule has 1 aromatic rings. The van der Waals surface area contributed by atoms with Crippen molar-refractivity contribution in [3.05, 3.63) is 15.4 Å². The minimum atomic E-state index is 0.385. The van der Waals surface area contributed by atoms with Crippen molar-refractivity contribution in [2.45, 2.75) is 64.9 Å². The van der Waals surface area contributed by atoms with Gasteiger partial charge in [0.25, 0.3) is 0 Å². The number of thiazole rings is 1. The third kappa shape index (κ3) is 2.52. The number of hydrogen-bond acceptors (Lipinski definition) is 2. The highest BCUT2D eigenvalue weighted by molar-refractivity contribution is 7.09. The average Bonchev–Trinajstić information content (AvgIpc) is 2.56. The third-order valence-corrected chi connectivity index (χ3v) is 4.71. The molecular weight excluding hydrogens is 227 g/mol. The third-order valence-electron chi connectivity index (χ3n) is 3.37. The summed E-state index contributed by atoms with van der Waals surface area (Å²) < 4.78 is 2.47. The fourth-order valence-corrected chi connectivity index (χ4v) is 4.13. The summed E-state index contributed by atoms with van der Waals surface area (Å²) in [6, 6.07) is 0.910. The van der Waals surface area contributed by atoms with E-state index in [-0.39, 0.29) is 0 Å². The minimum absolute atomic E-state index is 0.385. The maximum absolute atomic E-state index is 4.80. The number of fused-ring (bicyclic) bond motifs is 1. The molecule has 0 aromatic carbocycles. The van der Waals surface area contributed by atoms with Crippen molar-refractivity contribution in [2.24, 2.45) is 4.99 Å². The van der Waals surface area contributed by atoms with Crippen LogP contribution in [0.25, 0.3) is 0 Å². The maximum Gasteiger partial charge on any atom is 0.185 e. The van der Waals surface area contributed by atoms with E-state index < -0.39 is 0 Å². The van der Waals surface area contributed by atoms with Gasteiger partial charge in [-0.1, -0.05) is 6.42 Å². The molecule has 0 bridgehead atoms. The summed E-state index contributed by atoms with van der Waals surface area (Å²) in [6.07, 6.45) is 3.91. The molecule has 1 atom stereocenters. The number of rotatable bonds is 2. The van der Waals surface area contributed by atoms with Crippen LogP contribution in [0.15, 0.2) is 4.99 Å². The first-order chi connectivity index (χ1) is 8.00. The first kappa shape index (κ1) is 12.9. The van der Waals surface area contributed by atoms with Crippen molar-refractivity contribution in [3.8, 4) is 0 Å². The fraction of sp³-hybridized carbons (Fsp3) is 0.769. The Morgan fingerprint density at radius 3 is 2.65 bits per heavy atom. The Balaban J connectivity index is 2.61. The van der Waals surface area contributed by atoms with Gasteiger partial charge in [0.1, 0.15) is 7.85 Å². The lowest BCUT2D eigenvalue weighted by molar-refractivity contribution is 0.524. The predicted octanol–water partition coefficient (Wildman–Crippen LogP) is 2.45. The fourth-order valence-electron chi connectivity index (χ4n) is 2.62. The smallest absolute Gasteiger partial charge is 0.185 e. The second-order valence-electron chi connectivity index (χ2n) is 5.68. The normalized spacial score (nSPS) is 21.3. The van der Waals surface area contributed by atoms with Crippen LogP contribution in [0, 0.1) is 0 Å². The monoisotopic (exact) mass is 250 g/mol. The van der Waals surface area contributed by atoms with Crippen LogP contribution in [0.5, 0.6) is 0 Å². The Morgan fingerprint density at radius 2 is 2.06 bits per heavy atom. The molecule has 0 fully saturated rings. The molecule has 1 heterocycles. The van der Waals surface area contributed by atoms with Crippen molar-refractivity contribution >= 4 is 19.2 Å². The highest BCUT2D eigenvalue weighted by atomic mass is 32.1. The van der Waals surface area contributed by atoms with Gasteiger partial charge in [-0.25, -0.2) is 0 Å². The molecule has 1 aromatic heterocycles. The molecule has 4 heteroatoms. The minimum Gasteiger partial charge on any atom is -0.318 e. The van der Waals surface area contributed by atoms with Gasteiger partial charge in [-0.15, -0.1) is 11.3 Å². The molecule has 94 valence electrons. The second kappa shape index (κ2) is 5.01. The second-order valence-corrected chi connectivity index (χ2v) is 6.68. The summed E-state index contributed by atoms with van der Waals surface area (Å²) in [6.45, 7) is 8.86. The van der Waals surface area contributed by atoms with Gasteiger partial charge >= 0.3 is 0 Å². The summed E-state index contributed by atoms with van der Waals surface area (Å²) in [5.74, 6) is 0.727. The summed E-state index contributed by atoms with van der Waals surface area (Å²) in [7, 11) is 2.36. The van der Waals surface area contributed by atoms with Gasteiger partial charge < -0.3 is 4.57 Å². The van der Waals surface area contributed by atoms with E-state index >= 15 is 0 Å². The largest absolute Gasteiger partial charge is 0.318 e. The zero-order valence-electron chi connectivity index (χ0n) is 11.7. The zero-order valence-corrected chi connectivity index (χ0v) is 12.5. The standard InChI is InChI=1S/C13H23BN2S/c1-8(2)15-13-16(9(3)4)11-7-5-6-10(14)12(11)17-13/h8-10H,5-7,14H2,1-4H3/b15-13+. The number of hydrogen-bond donors (Lipinski definition) is 0. The highest BCUT2D eigenvalue weighted by Crippen LogP contribution is 2.32. The predicted molar refractivity (Wildman–Crippen MR) is 77.6 cm³/mol. The van der Waals surface area contributed by atoms with E-state index in [0.717, 1.165) is 5.82 Å². The molecule has 0 saturated heterocycles. The Labute approximate surface area is 109 Å². The van der Waals surface area contributed by atoms with E-state index in [1.165, 1.54) is 24.1 Å². The summed E-state index contributed by atoms with van der Waals surface area (Å²) >= 11 is 1.92. The van der Waals surface area contributed by atoms with Gasteiger partial charge in [-0.05, 0) is 46.4 Å². The SMILES string of the molecule is BC1CCCc2c1s/c(=N/C(C)C)n2C(C)C. The average molecular weight is 250 g/mol. The Hall–Kier alpha value is -0.505. The summed E-state index contributed by atoms with van der Waals surface area (Å²) in [4.78, 5) is 7.62. The van der Waals surface area contributed by atoms with E-state index in [1.807, 2.05) is 11.3 Å². The van der Waals surface area contributed by atoms with Gasteiger partial charge in [0.2, 0.25) is 0 Å². The van der Waals surface area contributed by atoms with Gasteiger partial charge in [0.05, 0.1) is 0 Å². The first-order valence-electron chi connectivity index (χ1n) is 6.78. The Bertz CT molecular complexity index is 456. The van der Waals surface area contributed by atoms with Gasteiger partial charge in [-0.2, -0.15) is 0 Å². The molecule has 0 N–H and O–H groups in total. The van der Waals surface area contributed by atoms with Crippen LogP contribution in [0.4, 0.5) is 0 Å². The van der Waals surface area contributed by atoms with Crippen LogP contribution in [0.3, 0.4) is 0 Å². The van der Waals surface area contributed by atoms with Crippen LogP contribution in [0.1, 0.15) is 63.0 Å². The molecule has 0 aliphatic heterocycles. The van der Waals surface area contributed by atoms with Crippen molar-refractivity contribution in [2.75, 3.05) is 0 Å². The van der Waals surface area contributed by atoms with Crippen molar-refractivity contribution in [1.29, 1.82) is 0 Å². The molecule has 0 radical (unpaired) electrons. The molecule has 0 saturated carbocycles. The van der Waals surface area contributed by atoms with Crippen molar-refractivity contribution in [1.82, 2.24) is 4.57 Å². The zero-order chi connectivity index (χ0) is 12.6. The molecule has 2 nitrogen and oxygen atoms in total. The van der Waals surface area contributed by atoms with Gasteiger partial charge in [0.15, 0.2) is 4.80 Å². The summed E-state index contributed by atoms with van der Waals surface area (Å²) in [5.41, 5.74) is 1.56. The Kier molecular flexibility index (Phi) is 3.81. The molecule has 0 spiro atoms. The van der Waals surface area contributed by atoms with Crippen molar-refractivity contribution < 1.29 is 0 Å². The molecule has 1 aliphatic rings. The van der Waals surface area contributed by atoms with Crippen LogP contribution >= 0.6 is 11.3 Å². The van der Waals surface area contributed by atoms with Crippen LogP contribution in [0.2, 0.25) is 0 Å². The van der Waals surface area contributed by atoms with Crippen LogP contribution in [-0.4, -0.2) is 18.5 Å². The van der Waals surface area contributed by atoms with Crippen LogP contribution in [-0.2, 0) is 6.42 Å². The lowest BCUT2D eigenvalue weighted by Gasteiger charge is -2.21. The molecule has 17 heavy (non-hydrogen) atoms. The van der Waals surface area contributed by atoms with Crippen molar-refractivity contribution in [3.63, 3.8) is 0 Å². The van der Waals surface area contributed by atoms with E-state index in [0.29, 0.717) is 12.1 Å². The number of nitrogens with zero attached hydrogens (tertiary/aromatic N) is 2. The molecule has 1 aliphatic carbocycles. The van der Waals surface area contributed by atoms with E-state index in [4.69, 9.17) is 4.99 Å². The lowest BCUT2D eigenvalue weighted by Crippen LogP contribution is -2.22. The molecule has 1 unspecified atom stereocenters. The summed E-state index contributed by atoms with van der Waals surface area (Å²) in [5, 5.41) is 0. The topological polar surface area (TPSA) is 17.3 Å². The lowest BCUT2D eigenvalue weighted by atomic mass is 9.77. The molecule has 0 amide bonds.